The van der Waals surface area contributed by atoms with Crippen molar-refractivity contribution < 1.29 is 19.1 Å². The molecule has 1 N–H and O–H groups in total. The zero-order valence-corrected chi connectivity index (χ0v) is 17.2. The number of methoxy groups -OCH3 is 2. The van der Waals surface area contributed by atoms with E-state index in [0.717, 1.165) is 11.1 Å². The lowest BCUT2D eigenvalue weighted by Crippen LogP contribution is -2.47. The maximum absolute atomic E-state index is 13.0. The van der Waals surface area contributed by atoms with Crippen LogP contribution in [-0.4, -0.2) is 44.0 Å². The zero-order chi connectivity index (χ0) is 20.7. The number of carbonyl (C=O) groups is 2. The highest BCUT2D eigenvalue weighted by atomic mass is 35.5. The summed E-state index contributed by atoms with van der Waals surface area (Å²) < 4.78 is 10.5. The third-order valence-electron chi connectivity index (χ3n) is 4.48. The zero-order valence-electron chi connectivity index (χ0n) is 16.5. The van der Waals surface area contributed by atoms with Gasteiger partial charge < -0.3 is 19.7 Å². The van der Waals surface area contributed by atoms with Gasteiger partial charge in [-0.25, -0.2) is 0 Å². The third kappa shape index (κ3) is 5.39. The molecule has 2 rings (SSSR count). The maximum Gasteiger partial charge on any atom is 0.242 e. The molecule has 1 atom stereocenters. The molecule has 2 aromatic carbocycles. The minimum absolute atomic E-state index is 0.134. The molecule has 0 aliphatic heterocycles. The van der Waals surface area contributed by atoms with Crippen molar-refractivity contribution in [3.8, 4) is 11.5 Å². The monoisotopic (exact) mass is 404 g/mol. The molecular weight excluding hydrogens is 380 g/mol. The number of carbonyl (C=O) groups excluding carboxylic acids is 2. The van der Waals surface area contributed by atoms with Crippen LogP contribution in [0.25, 0.3) is 0 Å². The summed E-state index contributed by atoms with van der Waals surface area (Å²) in [6.45, 7) is 2.01. The summed E-state index contributed by atoms with van der Waals surface area (Å²) in [6.07, 6.45) is 0.134. The lowest BCUT2D eigenvalue weighted by atomic mass is 10.1. The van der Waals surface area contributed by atoms with E-state index in [9.17, 15) is 9.59 Å². The number of nitrogens with zero attached hydrogens (tertiary/aromatic N) is 1. The summed E-state index contributed by atoms with van der Waals surface area (Å²) in [4.78, 5) is 26.8. The molecule has 0 fully saturated rings. The van der Waals surface area contributed by atoms with Gasteiger partial charge in [-0.3, -0.25) is 9.59 Å². The second-order valence-corrected chi connectivity index (χ2v) is 6.74. The van der Waals surface area contributed by atoms with Crippen molar-refractivity contribution in [3.05, 3.63) is 58.6 Å². The highest BCUT2D eigenvalue weighted by Crippen LogP contribution is 2.28. The first-order valence-corrected chi connectivity index (χ1v) is 9.23. The topological polar surface area (TPSA) is 67.9 Å². The van der Waals surface area contributed by atoms with Gasteiger partial charge in [-0.2, -0.15) is 0 Å². The van der Waals surface area contributed by atoms with Gasteiger partial charge in [-0.15, -0.1) is 0 Å². The SMILES string of the molecule is CNC(=O)[C@H](C)N(Cc1ccc(Cl)cc1)C(=O)Cc1ccc(OC)c(OC)c1. The summed E-state index contributed by atoms with van der Waals surface area (Å²) in [5, 5.41) is 3.22. The van der Waals surface area contributed by atoms with E-state index in [1.54, 1.807) is 57.4 Å². The number of ether oxygens (including phenoxy) is 2. The average Bonchev–Trinajstić information content (AvgIpc) is 2.71. The number of hydrogen-bond donors (Lipinski definition) is 1. The van der Waals surface area contributed by atoms with Crippen molar-refractivity contribution in [2.24, 2.45) is 0 Å². The van der Waals surface area contributed by atoms with E-state index in [-0.39, 0.29) is 18.2 Å². The van der Waals surface area contributed by atoms with Gasteiger partial charge in [0.05, 0.1) is 20.6 Å². The molecule has 2 amide bonds. The van der Waals surface area contributed by atoms with Gasteiger partial charge in [0, 0.05) is 18.6 Å². The van der Waals surface area contributed by atoms with Crippen LogP contribution in [0.1, 0.15) is 18.1 Å². The highest BCUT2D eigenvalue weighted by Gasteiger charge is 2.25. The predicted octanol–water partition coefficient (Wildman–Crippen LogP) is 3.06. The fraction of sp³-hybridized carbons (Fsp3) is 0.333. The Morgan fingerprint density at radius 3 is 2.21 bits per heavy atom. The number of rotatable bonds is 8. The third-order valence-corrected chi connectivity index (χ3v) is 4.74. The molecular formula is C21H25ClN2O4. The van der Waals surface area contributed by atoms with Crippen LogP contribution >= 0.6 is 11.6 Å². The summed E-state index contributed by atoms with van der Waals surface area (Å²) >= 11 is 5.94. The lowest BCUT2D eigenvalue weighted by molar-refractivity contribution is -0.139. The van der Waals surface area contributed by atoms with E-state index in [1.807, 2.05) is 18.2 Å². The number of halogens is 1. The number of hydrogen-bond acceptors (Lipinski definition) is 4. The van der Waals surface area contributed by atoms with Crippen LogP contribution in [0.4, 0.5) is 0 Å². The quantitative estimate of drug-likeness (QED) is 0.734. The normalized spacial score (nSPS) is 11.5. The average molecular weight is 405 g/mol. The Morgan fingerprint density at radius 1 is 1.04 bits per heavy atom. The lowest BCUT2D eigenvalue weighted by Gasteiger charge is -2.28. The molecule has 0 aliphatic carbocycles. The molecule has 0 aromatic heterocycles. The molecule has 150 valence electrons. The first kappa shape index (κ1) is 21.6. The van der Waals surface area contributed by atoms with E-state index in [1.165, 1.54) is 0 Å². The predicted molar refractivity (Wildman–Crippen MR) is 109 cm³/mol. The Morgan fingerprint density at radius 2 is 1.64 bits per heavy atom. The number of nitrogens with one attached hydrogen (secondary N) is 1. The molecule has 0 unspecified atom stereocenters. The van der Waals surface area contributed by atoms with Crippen LogP contribution < -0.4 is 14.8 Å². The molecule has 28 heavy (non-hydrogen) atoms. The van der Waals surface area contributed by atoms with Crippen LogP contribution in [0.3, 0.4) is 0 Å². The van der Waals surface area contributed by atoms with Crippen LogP contribution in [0, 0.1) is 0 Å². The van der Waals surface area contributed by atoms with Crippen LogP contribution in [0.5, 0.6) is 11.5 Å². The van der Waals surface area contributed by atoms with Gasteiger partial charge in [0.1, 0.15) is 6.04 Å². The summed E-state index contributed by atoms with van der Waals surface area (Å²) in [5.41, 5.74) is 1.66. The first-order chi connectivity index (χ1) is 13.4. The van der Waals surface area contributed by atoms with Crippen molar-refractivity contribution in [1.82, 2.24) is 10.2 Å². The summed E-state index contributed by atoms with van der Waals surface area (Å²) in [7, 11) is 4.66. The molecule has 2 aromatic rings. The van der Waals surface area contributed by atoms with Crippen molar-refractivity contribution in [3.63, 3.8) is 0 Å². The Balaban J connectivity index is 2.25. The maximum atomic E-state index is 13.0. The van der Waals surface area contributed by atoms with Crippen LogP contribution in [-0.2, 0) is 22.6 Å². The fourth-order valence-electron chi connectivity index (χ4n) is 2.84. The second-order valence-electron chi connectivity index (χ2n) is 6.30. The van der Waals surface area contributed by atoms with Crippen molar-refractivity contribution in [2.45, 2.75) is 25.9 Å². The van der Waals surface area contributed by atoms with Gasteiger partial charge in [0.2, 0.25) is 11.8 Å². The van der Waals surface area contributed by atoms with Gasteiger partial charge in [-0.1, -0.05) is 29.8 Å². The van der Waals surface area contributed by atoms with E-state index in [4.69, 9.17) is 21.1 Å². The smallest absolute Gasteiger partial charge is 0.242 e. The number of benzene rings is 2. The molecule has 0 bridgehead atoms. The Kier molecular flexibility index (Phi) is 7.70. The molecule has 6 nitrogen and oxygen atoms in total. The second kappa shape index (κ2) is 9.99. The van der Waals surface area contributed by atoms with Crippen LogP contribution in [0.15, 0.2) is 42.5 Å². The Labute approximate surface area is 170 Å². The van der Waals surface area contributed by atoms with E-state index >= 15 is 0 Å². The minimum atomic E-state index is -0.617. The van der Waals surface area contributed by atoms with Gasteiger partial charge in [0.15, 0.2) is 11.5 Å². The number of amides is 2. The molecule has 0 saturated heterocycles. The first-order valence-electron chi connectivity index (χ1n) is 8.86. The van der Waals surface area contributed by atoms with Crippen LogP contribution in [0.2, 0.25) is 5.02 Å². The van der Waals surface area contributed by atoms with Gasteiger partial charge >= 0.3 is 0 Å². The molecule has 0 saturated carbocycles. The van der Waals surface area contributed by atoms with Crippen molar-refractivity contribution in [1.29, 1.82) is 0 Å². The Hall–Kier alpha value is -2.73. The molecule has 0 aliphatic rings. The summed E-state index contributed by atoms with van der Waals surface area (Å²) in [5.74, 6) is 0.750. The molecule has 0 radical (unpaired) electrons. The standard InChI is InChI=1S/C21H25ClN2O4/c1-14(21(26)23-2)24(13-15-5-8-17(22)9-6-15)20(25)12-16-7-10-18(27-3)19(11-16)28-4/h5-11,14H,12-13H2,1-4H3,(H,23,26)/t14-/m0/s1. The minimum Gasteiger partial charge on any atom is -0.493 e. The van der Waals surface area contributed by atoms with E-state index in [2.05, 4.69) is 5.32 Å². The largest absolute Gasteiger partial charge is 0.493 e. The van der Waals surface area contributed by atoms with Crippen molar-refractivity contribution in [2.75, 3.05) is 21.3 Å². The Bertz CT molecular complexity index is 824. The molecule has 7 heteroatoms. The summed E-state index contributed by atoms with van der Waals surface area (Å²) in [6, 6.07) is 11.9. The van der Waals surface area contributed by atoms with E-state index in [0.29, 0.717) is 23.1 Å². The highest BCUT2D eigenvalue weighted by molar-refractivity contribution is 6.30. The fourth-order valence-corrected chi connectivity index (χ4v) is 2.97. The van der Waals surface area contributed by atoms with Crippen molar-refractivity contribution >= 4 is 23.4 Å². The number of likely N-dealkylation sites (N-methyl/N-ethyl adjacent to an activating group) is 1. The van der Waals surface area contributed by atoms with Gasteiger partial charge in [-0.05, 0) is 42.3 Å². The molecule has 0 spiro atoms. The van der Waals surface area contributed by atoms with Gasteiger partial charge in [0.25, 0.3) is 0 Å². The van der Waals surface area contributed by atoms with E-state index < -0.39 is 6.04 Å². The molecule has 0 heterocycles.